The first-order valence-corrected chi connectivity index (χ1v) is 5.57. The Morgan fingerprint density at radius 1 is 1.38 bits per heavy atom. The van der Waals surface area contributed by atoms with Gasteiger partial charge in [0.1, 0.15) is 0 Å². The molecule has 4 fully saturated rings. The highest BCUT2D eigenvalue weighted by atomic mass is 35.5. The van der Waals surface area contributed by atoms with Gasteiger partial charge in [0.15, 0.2) is 0 Å². The van der Waals surface area contributed by atoms with Crippen molar-refractivity contribution in [3.8, 4) is 0 Å². The fraction of sp³-hybridized carbons (Fsp3) is 1.00. The lowest BCUT2D eigenvalue weighted by Gasteiger charge is -2.14. The Labute approximate surface area is 87.1 Å². The Morgan fingerprint density at radius 2 is 2.15 bits per heavy atom. The maximum atomic E-state index is 3.69. The van der Waals surface area contributed by atoms with Crippen LogP contribution in [0.5, 0.6) is 0 Å². The molecule has 2 heteroatoms. The lowest BCUT2D eigenvalue weighted by Crippen LogP contribution is -2.32. The van der Waals surface area contributed by atoms with Crippen LogP contribution in [0.2, 0.25) is 0 Å². The Morgan fingerprint density at radius 3 is 2.62 bits per heavy atom. The summed E-state index contributed by atoms with van der Waals surface area (Å²) in [4.78, 5) is 0. The van der Waals surface area contributed by atoms with Crippen LogP contribution in [-0.4, -0.2) is 12.6 Å². The van der Waals surface area contributed by atoms with Gasteiger partial charge < -0.3 is 5.32 Å². The normalized spacial score (nSPS) is 54.9. The predicted octanol–water partition coefficient (Wildman–Crippen LogP) is 2.45. The largest absolute Gasteiger partial charge is 0.314 e. The third-order valence-corrected chi connectivity index (χ3v) is 4.92. The number of hydrogen-bond donors (Lipinski definition) is 1. The summed E-state index contributed by atoms with van der Waals surface area (Å²) >= 11 is 0. The molecule has 0 aromatic heterocycles. The van der Waals surface area contributed by atoms with Crippen molar-refractivity contribution in [2.75, 3.05) is 6.54 Å². The van der Waals surface area contributed by atoms with Gasteiger partial charge in [-0.05, 0) is 49.0 Å². The lowest BCUT2D eigenvalue weighted by molar-refractivity contribution is 0.430. The van der Waals surface area contributed by atoms with E-state index in [1.165, 1.54) is 13.0 Å². The van der Waals surface area contributed by atoms with Crippen LogP contribution in [-0.2, 0) is 0 Å². The molecule has 0 aliphatic heterocycles. The number of rotatable bonds is 3. The molecule has 5 atom stereocenters. The summed E-state index contributed by atoms with van der Waals surface area (Å²) in [5, 5.41) is 3.69. The standard InChI is InChI=1S/C11H19N.ClH/c1-3-11-6-7-5-8(11)9(11)10(7)12-4-2;/h7-10,12H,3-6H2,1-2H3;1H. The van der Waals surface area contributed by atoms with Crippen LogP contribution in [0.1, 0.15) is 33.1 Å². The molecule has 5 unspecified atom stereocenters. The summed E-state index contributed by atoms with van der Waals surface area (Å²) in [6.45, 7) is 5.81. The SMILES string of the molecule is CCNC1C2CC3C1C3(CC)C2.Cl. The van der Waals surface area contributed by atoms with Crippen LogP contribution in [0.4, 0.5) is 0 Å². The van der Waals surface area contributed by atoms with Crippen LogP contribution >= 0.6 is 12.4 Å². The summed E-state index contributed by atoms with van der Waals surface area (Å²) < 4.78 is 0. The van der Waals surface area contributed by atoms with Crippen LogP contribution in [0.15, 0.2) is 0 Å². The van der Waals surface area contributed by atoms with Gasteiger partial charge >= 0.3 is 0 Å². The van der Waals surface area contributed by atoms with Gasteiger partial charge in [0.2, 0.25) is 0 Å². The Kier molecular flexibility index (Phi) is 2.16. The minimum atomic E-state index is 0. The van der Waals surface area contributed by atoms with Gasteiger partial charge in [-0.15, -0.1) is 12.4 Å². The molecule has 1 N–H and O–H groups in total. The Bertz CT molecular complexity index is 218. The summed E-state index contributed by atoms with van der Waals surface area (Å²) in [5.41, 5.74) is 0.845. The van der Waals surface area contributed by atoms with E-state index in [2.05, 4.69) is 19.2 Å². The van der Waals surface area contributed by atoms with Crippen molar-refractivity contribution in [2.45, 2.75) is 39.2 Å². The number of hydrogen-bond acceptors (Lipinski definition) is 1. The minimum absolute atomic E-state index is 0. The van der Waals surface area contributed by atoms with Crippen LogP contribution in [0, 0.1) is 23.2 Å². The molecule has 0 heterocycles. The van der Waals surface area contributed by atoms with E-state index in [-0.39, 0.29) is 12.4 Å². The average molecular weight is 202 g/mol. The average Bonchev–Trinajstić information content (AvgIpc) is 2.49. The van der Waals surface area contributed by atoms with E-state index in [4.69, 9.17) is 0 Å². The van der Waals surface area contributed by atoms with Crippen molar-refractivity contribution in [2.24, 2.45) is 23.2 Å². The first kappa shape index (κ1) is 9.79. The van der Waals surface area contributed by atoms with Gasteiger partial charge in [-0.1, -0.05) is 13.8 Å². The summed E-state index contributed by atoms with van der Waals surface area (Å²) in [5.74, 6) is 3.28. The first-order valence-electron chi connectivity index (χ1n) is 5.57. The topological polar surface area (TPSA) is 12.0 Å². The van der Waals surface area contributed by atoms with Crippen LogP contribution in [0.3, 0.4) is 0 Å². The second-order valence-corrected chi connectivity index (χ2v) is 5.00. The molecule has 76 valence electrons. The van der Waals surface area contributed by atoms with Gasteiger partial charge in [0.05, 0.1) is 0 Å². The highest BCUT2D eigenvalue weighted by Crippen LogP contribution is 2.80. The number of nitrogens with one attached hydrogen (secondary N) is 1. The molecule has 4 aliphatic carbocycles. The van der Waals surface area contributed by atoms with E-state index >= 15 is 0 Å². The summed E-state index contributed by atoms with van der Waals surface area (Å²) in [6.07, 6.45) is 4.55. The third-order valence-electron chi connectivity index (χ3n) is 4.92. The van der Waals surface area contributed by atoms with Crippen molar-refractivity contribution < 1.29 is 0 Å². The van der Waals surface area contributed by atoms with E-state index in [9.17, 15) is 0 Å². The van der Waals surface area contributed by atoms with Gasteiger partial charge in [0.25, 0.3) is 0 Å². The molecule has 0 amide bonds. The smallest absolute Gasteiger partial charge is 0.0132 e. The van der Waals surface area contributed by atoms with Crippen LogP contribution < -0.4 is 5.32 Å². The fourth-order valence-corrected chi connectivity index (χ4v) is 4.52. The van der Waals surface area contributed by atoms with Crippen molar-refractivity contribution >= 4 is 12.4 Å². The van der Waals surface area contributed by atoms with E-state index in [1.54, 1.807) is 12.8 Å². The molecule has 4 saturated carbocycles. The Balaban J connectivity index is 0.000000653. The second-order valence-electron chi connectivity index (χ2n) is 5.00. The lowest BCUT2D eigenvalue weighted by atomic mass is 10.0. The zero-order chi connectivity index (χ0) is 8.34. The van der Waals surface area contributed by atoms with E-state index in [0.717, 1.165) is 29.2 Å². The Hall–Kier alpha value is 0.250. The molecule has 0 radical (unpaired) electrons. The molecule has 0 saturated heterocycles. The molecular formula is C11H20ClN. The predicted molar refractivity (Wildman–Crippen MR) is 57.1 cm³/mol. The monoisotopic (exact) mass is 201 g/mol. The van der Waals surface area contributed by atoms with E-state index in [1.807, 2.05) is 0 Å². The zero-order valence-electron chi connectivity index (χ0n) is 8.55. The van der Waals surface area contributed by atoms with Gasteiger partial charge in [-0.25, -0.2) is 0 Å². The molecule has 0 aromatic carbocycles. The van der Waals surface area contributed by atoms with Gasteiger partial charge in [0, 0.05) is 6.04 Å². The first-order chi connectivity index (χ1) is 5.83. The zero-order valence-corrected chi connectivity index (χ0v) is 9.36. The minimum Gasteiger partial charge on any atom is -0.314 e. The quantitative estimate of drug-likeness (QED) is 0.740. The van der Waals surface area contributed by atoms with E-state index in [0.29, 0.717) is 0 Å². The number of halogens is 1. The fourth-order valence-electron chi connectivity index (χ4n) is 4.52. The summed E-state index contributed by atoms with van der Waals surface area (Å²) in [7, 11) is 0. The highest BCUT2D eigenvalue weighted by Gasteiger charge is 2.77. The molecule has 13 heavy (non-hydrogen) atoms. The molecule has 4 bridgehead atoms. The van der Waals surface area contributed by atoms with Crippen molar-refractivity contribution in [3.05, 3.63) is 0 Å². The molecule has 0 spiro atoms. The summed E-state index contributed by atoms with van der Waals surface area (Å²) in [6, 6.07) is 0.917. The van der Waals surface area contributed by atoms with Gasteiger partial charge in [-0.3, -0.25) is 0 Å². The maximum absolute atomic E-state index is 3.69. The molecule has 0 aromatic rings. The van der Waals surface area contributed by atoms with Crippen LogP contribution in [0.25, 0.3) is 0 Å². The second kappa shape index (κ2) is 2.87. The van der Waals surface area contributed by atoms with Crippen molar-refractivity contribution in [3.63, 3.8) is 0 Å². The molecule has 4 rings (SSSR count). The third kappa shape index (κ3) is 0.928. The molecular weight excluding hydrogens is 182 g/mol. The molecule has 4 aliphatic rings. The van der Waals surface area contributed by atoms with Gasteiger partial charge in [-0.2, -0.15) is 0 Å². The van der Waals surface area contributed by atoms with E-state index < -0.39 is 0 Å². The van der Waals surface area contributed by atoms with Crippen molar-refractivity contribution in [1.82, 2.24) is 5.32 Å². The maximum Gasteiger partial charge on any atom is 0.0132 e. The highest BCUT2D eigenvalue weighted by molar-refractivity contribution is 5.85. The molecule has 1 nitrogen and oxygen atoms in total. The van der Waals surface area contributed by atoms with Crippen molar-refractivity contribution in [1.29, 1.82) is 0 Å².